The number of hydrogen-bond acceptors (Lipinski definition) is 2. The summed E-state index contributed by atoms with van der Waals surface area (Å²) in [5, 5.41) is 0. The van der Waals surface area contributed by atoms with E-state index >= 15 is 0 Å². The maximum absolute atomic E-state index is 12.8. The third-order valence-corrected chi connectivity index (χ3v) is 2.24. The van der Waals surface area contributed by atoms with E-state index in [-0.39, 0.29) is 24.5 Å². The molecule has 0 aliphatic rings. The lowest BCUT2D eigenvalue weighted by Crippen LogP contribution is -2.11. The largest absolute Gasteiger partial charge is 0.494 e. The van der Waals surface area contributed by atoms with Gasteiger partial charge < -0.3 is 10.5 Å². The van der Waals surface area contributed by atoms with Gasteiger partial charge in [0.05, 0.1) is 12.2 Å². The zero-order valence-electron chi connectivity index (χ0n) is 9.47. The van der Waals surface area contributed by atoms with Crippen molar-refractivity contribution in [1.82, 2.24) is 0 Å². The summed E-state index contributed by atoms with van der Waals surface area (Å²) in [5.74, 6) is 0.00938. The molecule has 0 fully saturated rings. The Kier molecular flexibility index (Phi) is 4.17. The van der Waals surface area contributed by atoms with Gasteiger partial charge in [0.15, 0.2) is 0 Å². The summed E-state index contributed by atoms with van der Waals surface area (Å²) in [6, 6.07) is 3.72. The number of rotatable bonds is 4. The van der Waals surface area contributed by atoms with E-state index in [1.807, 2.05) is 0 Å². The standard InChI is InChI=1S/C12H14F3NO/c1-3-17-8(2)10-6-9(7-16)4-5-11(10)12(13,14)15/h4-6H,2-3,7,16H2,1H3. The van der Waals surface area contributed by atoms with Crippen LogP contribution in [0, 0.1) is 0 Å². The fourth-order valence-electron chi connectivity index (χ4n) is 1.45. The quantitative estimate of drug-likeness (QED) is 0.827. The SMILES string of the molecule is C=C(OCC)c1cc(CN)ccc1C(F)(F)F. The summed E-state index contributed by atoms with van der Waals surface area (Å²) in [7, 11) is 0. The molecule has 0 heterocycles. The van der Waals surface area contributed by atoms with Gasteiger partial charge in [-0.1, -0.05) is 12.6 Å². The average Bonchev–Trinajstić information content (AvgIpc) is 2.27. The minimum absolute atomic E-state index is 0.00938. The van der Waals surface area contributed by atoms with Gasteiger partial charge in [-0.3, -0.25) is 0 Å². The van der Waals surface area contributed by atoms with Gasteiger partial charge in [0.2, 0.25) is 0 Å². The Morgan fingerprint density at radius 2 is 2.06 bits per heavy atom. The summed E-state index contributed by atoms with van der Waals surface area (Å²) < 4.78 is 43.3. The Morgan fingerprint density at radius 1 is 1.41 bits per heavy atom. The van der Waals surface area contributed by atoms with Crippen molar-refractivity contribution in [2.24, 2.45) is 5.73 Å². The summed E-state index contributed by atoms with van der Waals surface area (Å²) in [6.45, 7) is 5.62. The van der Waals surface area contributed by atoms with E-state index in [2.05, 4.69) is 6.58 Å². The average molecular weight is 245 g/mol. The lowest BCUT2D eigenvalue weighted by atomic mass is 10.0. The van der Waals surface area contributed by atoms with Crippen LogP contribution in [-0.2, 0) is 17.5 Å². The van der Waals surface area contributed by atoms with Crippen molar-refractivity contribution in [3.63, 3.8) is 0 Å². The second-order valence-electron chi connectivity index (χ2n) is 3.44. The van der Waals surface area contributed by atoms with Crippen molar-refractivity contribution in [3.8, 4) is 0 Å². The first kappa shape index (κ1) is 13.6. The first-order valence-electron chi connectivity index (χ1n) is 5.12. The van der Waals surface area contributed by atoms with Crippen LogP contribution >= 0.6 is 0 Å². The van der Waals surface area contributed by atoms with Crippen LogP contribution in [0.3, 0.4) is 0 Å². The predicted octanol–water partition coefficient (Wildman–Crippen LogP) is 3.17. The Morgan fingerprint density at radius 3 is 2.53 bits per heavy atom. The number of ether oxygens (including phenoxy) is 1. The highest BCUT2D eigenvalue weighted by molar-refractivity contribution is 5.62. The lowest BCUT2D eigenvalue weighted by molar-refractivity contribution is -0.137. The van der Waals surface area contributed by atoms with Crippen LogP contribution in [0.5, 0.6) is 0 Å². The van der Waals surface area contributed by atoms with Crippen molar-refractivity contribution < 1.29 is 17.9 Å². The molecule has 0 aliphatic carbocycles. The molecule has 17 heavy (non-hydrogen) atoms. The molecule has 1 aromatic carbocycles. The molecule has 0 spiro atoms. The predicted molar refractivity (Wildman–Crippen MR) is 60.0 cm³/mol. The van der Waals surface area contributed by atoms with Crippen molar-refractivity contribution >= 4 is 5.76 Å². The second-order valence-corrected chi connectivity index (χ2v) is 3.44. The highest BCUT2D eigenvalue weighted by Gasteiger charge is 2.34. The highest BCUT2D eigenvalue weighted by atomic mass is 19.4. The molecule has 0 amide bonds. The molecule has 2 nitrogen and oxygen atoms in total. The summed E-state index contributed by atoms with van der Waals surface area (Å²) in [5.41, 5.74) is 5.20. The highest BCUT2D eigenvalue weighted by Crippen LogP contribution is 2.35. The first-order chi connectivity index (χ1) is 7.90. The van der Waals surface area contributed by atoms with Crippen molar-refractivity contribution in [2.75, 3.05) is 6.61 Å². The molecule has 2 N–H and O–H groups in total. The van der Waals surface area contributed by atoms with Gasteiger partial charge in [-0.25, -0.2) is 0 Å². The van der Waals surface area contributed by atoms with Crippen molar-refractivity contribution in [2.45, 2.75) is 19.6 Å². The monoisotopic (exact) mass is 245 g/mol. The molecule has 0 saturated heterocycles. The van der Waals surface area contributed by atoms with Gasteiger partial charge in [-0.05, 0) is 24.6 Å². The van der Waals surface area contributed by atoms with E-state index < -0.39 is 11.7 Å². The van der Waals surface area contributed by atoms with Crippen molar-refractivity contribution in [1.29, 1.82) is 0 Å². The molecule has 0 radical (unpaired) electrons. The Balaban J connectivity index is 3.26. The summed E-state index contributed by atoms with van der Waals surface area (Å²) >= 11 is 0. The van der Waals surface area contributed by atoms with Crippen LogP contribution in [0.4, 0.5) is 13.2 Å². The van der Waals surface area contributed by atoms with Gasteiger partial charge in [0.25, 0.3) is 0 Å². The van der Waals surface area contributed by atoms with Crippen LogP contribution in [0.15, 0.2) is 24.8 Å². The molecule has 0 atom stereocenters. The molecule has 1 aromatic rings. The molecule has 0 saturated carbocycles. The zero-order valence-corrected chi connectivity index (χ0v) is 9.47. The number of benzene rings is 1. The second kappa shape index (κ2) is 5.23. The van der Waals surface area contributed by atoms with E-state index in [0.717, 1.165) is 6.07 Å². The number of halogens is 3. The molecule has 94 valence electrons. The van der Waals surface area contributed by atoms with Crippen LogP contribution in [-0.4, -0.2) is 6.61 Å². The topological polar surface area (TPSA) is 35.2 Å². The zero-order chi connectivity index (χ0) is 13.1. The van der Waals surface area contributed by atoms with Crippen LogP contribution in [0.1, 0.15) is 23.6 Å². The van der Waals surface area contributed by atoms with Gasteiger partial charge in [0.1, 0.15) is 5.76 Å². The Labute approximate surface area is 97.9 Å². The van der Waals surface area contributed by atoms with E-state index in [4.69, 9.17) is 10.5 Å². The normalized spacial score (nSPS) is 11.4. The molecule has 1 rings (SSSR count). The third kappa shape index (κ3) is 3.23. The maximum Gasteiger partial charge on any atom is 0.417 e. The van der Waals surface area contributed by atoms with E-state index in [1.54, 1.807) is 6.92 Å². The molecule has 0 unspecified atom stereocenters. The molecule has 0 aliphatic heterocycles. The van der Waals surface area contributed by atoms with Crippen molar-refractivity contribution in [3.05, 3.63) is 41.5 Å². The van der Waals surface area contributed by atoms with Gasteiger partial charge in [-0.2, -0.15) is 13.2 Å². The van der Waals surface area contributed by atoms with Crippen LogP contribution < -0.4 is 5.73 Å². The molecule has 5 heteroatoms. The van der Waals surface area contributed by atoms with Gasteiger partial charge in [-0.15, -0.1) is 0 Å². The fourth-order valence-corrected chi connectivity index (χ4v) is 1.45. The summed E-state index contributed by atoms with van der Waals surface area (Å²) in [4.78, 5) is 0. The van der Waals surface area contributed by atoms with Crippen LogP contribution in [0.2, 0.25) is 0 Å². The Bertz CT molecular complexity index is 413. The van der Waals surface area contributed by atoms with Crippen LogP contribution in [0.25, 0.3) is 5.76 Å². The van der Waals surface area contributed by atoms with E-state index in [9.17, 15) is 13.2 Å². The van der Waals surface area contributed by atoms with Gasteiger partial charge >= 0.3 is 6.18 Å². The minimum atomic E-state index is -4.43. The number of hydrogen-bond donors (Lipinski definition) is 1. The molecular weight excluding hydrogens is 231 g/mol. The first-order valence-corrected chi connectivity index (χ1v) is 5.12. The van der Waals surface area contributed by atoms with Gasteiger partial charge in [0, 0.05) is 12.1 Å². The number of nitrogens with two attached hydrogens (primary N) is 1. The minimum Gasteiger partial charge on any atom is -0.494 e. The molecule has 0 aromatic heterocycles. The lowest BCUT2D eigenvalue weighted by Gasteiger charge is -2.15. The fraction of sp³-hybridized carbons (Fsp3) is 0.333. The third-order valence-electron chi connectivity index (χ3n) is 2.24. The van der Waals surface area contributed by atoms with E-state index in [0.29, 0.717) is 5.56 Å². The number of alkyl halides is 3. The summed E-state index contributed by atoms with van der Waals surface area (Å²) in [6.07, 6.45) is -4.43. The van der Waals surface area contributed by atoms with E-state index in [1.165, 1.54) is 12.1 Å². The smallest absolute Gasteiger partial charge is 0.417 e. The Hall–Kier alpha value is -1.49. The maximum atomic E-state index is 12.8. The molecule has 0 bridgehead atoms. The molecular formula is C12H14F3NO.